The first-order valence-corrected chi connectivity index (χ1v) is 6.84. The van der Waals surface area contributed by atoms with Crippen molar-refractivity contribution in [3.63, 3.8) is 0 Å². The number of nitrogens with one attached hydrogen (secondary N) is 1. The molecule has 4 nitrogen and oxygen atoms in total. The number of hydrogen-bond acceptors (Lipinski definition) is 3. The van der Waals surface area contributed by atoms with Gasteiger partial charge in [-0.25, -0.2) is 0 Å². The minimum atomic E-state index is -0.604. The lowest BCUT2D eigenvalue weighted by molar-refractivity contribution is -0.124. The van der Waals surface area contributed by atoms with Gasteiger partial charge in [0.05, 0.1) is 0 Å². The van der Waals surface area contributed by atoms with Crippen molar-refractivity contribution < 1.29 is 9.53 Å². The molecule has 0 spiro atoms. The van der Waals surface area contributed by atoms with Crippen molar-refractivity contribution >= 4 is 5.91 Å². The van der Waals surface area contributed by atoms with Crippen molar-refractivity contribution in [1.29, 1.82) is 0 Å². The molecule has 4 heteroatoms. The molecule has 2 atom stereocenters. The second kappa shape index (κ2) is 5.61. The van der Waals surface area contributed by atoms with E-state index in [0.717, 1.165) is 25.0 Å². The third kappa shape index (κ3) is 2.89. The Morgan fingerprint density at radius 1 is 1.58 bits per heavy atom. The molecule has 1 aliphatic carbocycles. The fraction of sp³-hybridized carbons (Fsp3) is 0.533. The number of primary amides is 1. The predicted octanol–water partition coefficient (Wildman–Crippen LogP) is 1.62. The molecule has 1 aliphatic rings. The van der Waals surface area contributed by atoms with Crippen LogP contribution in [0.2, 0.25) is 0 Å². The number of benzene rings is 1. The zero-order valence-electron chi connectivity index (χ0n) is 11.6. The van der Waals surface area contributed by atoms with Gasteiger partial charge in [-0.15, -0.1) is 0 Å². The van der Waals surface area contributed by atoms with E-state index < -0.39 is 5.54 Å². The molecule has 1 fully saturated rings. The van der Waals surface area contributed by atoms with Gasteiger partial charge in [-0.1, -0.05) is 19.1 Å². The van der Waals surface area contributed by atoms with Gasteiger partial charge in [-0.3, -0.25) is 4.79 Å². The van der Waals surface area contributed by atoms with E-state index in [-0.39, 0.29) is 12.0 Å². The van der Waals surface area contributed by atoms with Crippen LogP contribution in [-0.2, 0) is 11.2 Å². The van der Waals surface area contributed by atoms with Crippen LogP contribution >= 0.6 is 0 Å². The van der Waals surface area contributed by atoms with Crippen LogP contribution in [-0.4, -0.2) is 24.6 Å². The van der Waals surface area contributed by atoms with Gasteiger partial charge in [-0.05, 0) is 44.0 Å². The van der Waals surface area contributed by atoms with Crippen LogP contribution in [0.15, 0.2) is 24.3 Å². The fourth-order valence-electron chi connectivity index (χ4n) is 2.71. The normalized spacial score (nSPS) is 26.3. The number of hydrogen-bond donors (Lipinski definition) is 2. The highest BCUT2D eigenvalue weighted by Gasteiger charge is 2.43. The van der Waals surface area contributed by atoms with Gasteiger partial charge >= 0.3 is 0 Å². The summed E-state index contributed by atoms with van der Waals surface area (Å²) < 4.78 is 5.98. The molecule has 2 unspecified atom stereocenters. The Kier molecular flexibility index (Phi) is 4.10. The van der Waals surface area contributed by atoms with E-state index in [9.17, 15) is 4.79 Å². The van der Waals surface area contributed by atoms with E-state index in [0.29, 0.717) is 6.42 Å². The van der Waals surface area contributed by atoms with Gasteiger partial charge in [0, 0.05) is 6.42 Å². The van der Waals surface area contributed by atoms with Gasteiger partial charge in [0.15, 0.2) is 0 Å². The lowest BCUT2D eigenvalue weighted by Gasteiger charge is -2.24. The number of aryl methyl sites for hydroxylation is 1. The number of carbonyl (C=O) groups is 1. The molecule has 2 rings (SSSR count). The maximum Gasteiger partial charge on any atom is 0.237 e. The van der Waals surface area contributed by atoms with Crippen molar-refractivity contribution in [3.8, 4) is 5.75 Å². The van der Waals surface area contributed by atoms with Crippen LogP contribution < -0.4 is 15.8 Å². The predicted molar refractivity (Wildman–Crippen MR) is 75.1 cm³/mol. The van der Waals surface area contributed by atoms with E-state index in [1.54, 1.807) is 7.05 Å². The Morgan fingerprint density at radius 2 is 2.37 bits per heavy atom. The number of amides is 1. The molecule has 0 aromatic heterocycles. The summed E-state index contributed by atoms with van der Waals surface area (Å²) in [5.74, 6) is 0.587. The van der Waals surface area contributed by atoms with Crippen LogP contribution in [0, 0.1) is 0 Å². The second-order valence-electron chi connectivity index (χ2n) is 5.18. The molecule has 1 aromatic rings. The Balaban J connectivity index is 2.03. The molecule has 19 heavy (non-hydrogen) atoms. The van der Waals surface area contributed by atoms with Crippen LogP contribution in [0.25, 0.3) is 0 Å². The number of nitrogens with two attached hydrogens (primary N) is 1. The average Bonchev–Trinajstić information content (AvgIpc) is 2.83. The molecular formula is C15H22N2O2. The number of rotatable bonds is 5. The van der Waals surface area contributed by atoms with Crippen LogP contribution in [0.5, 0.6) is 5.75 Å². The largest absolute Gasteiger partial charge is 0.490 e. The summed E-state index contributed by atoms with van der Waals surface area (Å²) in [4.78, 5) is 11.6. The first-order valence-electron chi connectivity index (χ1n) is 6.84. The summed E-state index contributed by atoms with van der Waals surface area (Å²) in [5, 5.41) is 3.06. The molecule has 104 valence electrons. The van der Waals surface area contributed by atoms with Crippen molar-refractivity contribution in [2.45, 2.75) is 44.2 Å². The van der Waals surface area contributed by atoms with Gasteiger partial charge in [0.1, 0.15) is 17.4 Å². The molecule has 3 N–H and O–H groups in total. The fourth-order valence-corrected chi connectivity index (χ4v) is 2.71. The summed E-state index contributed by atoms with van der Waals surface area (Å²) in [6, 6.07) is 8.11. The Bertz CT molecular complexity index is 461. The molecule has 1 aromatic carbocycles. The molecule has 0 radical (unpaired) electrons. The minimum absolute atomic E-state index is 0.0482. The zero-order valence-corrected chi connectivity index (χ0v) is 11.6. The molecule has 0 aliphatic heterocycles. The third-order valence-corrected chi connectivity index (χ3v) is 4.03. The maximum atomic E-state index is 11.6. The first kappa shape index (κ1) is 13.9. The maximum absolute atomic E-state index is 11.6. The quantitative estimate of drug-likeness (QED) is 0.847. The summed E-state index contributed by atoms with van der Waals surface area (Å²) in [6.07, 6.45) is 3.25. The molecular weight excluding hydrogens is 240 g/mol. The van der Waals surface area contributed by atoms with Crippen molar-refractivity contribution in [1.82, 2.24) is 5.32 Å². The lowest BCUT2D eigenvalue weighted by Crippen LogP contribution is -2.52. The highest BCUT2D eigenvalue weighted by Crippen LogP contribution is 2.32. The highest BCUT2D eigenvalue weighted by atomic mass is 16.5. The molecule has 0 bridgehead atoms. The van der Waals surface area contributed by atoms with Crippen molar-refractivity contribution in [2.24, 2.45) is 5.73 Å². The Hall–Kier alpha value is -1.55. The van der Waals surface area contributed by atoms with E-state index in [4.69, 9.17) is 10.5 Å². The van der Waals surface area contributed by atoms with Gasteiger partial charge in [0.25, 0.3) is 0 Å². The monoisotopic (exact) mass is 262 g/mol. The van der Waals surface area contributed by atoms with Crippen molar-refractivity contribution in [3.05, 3.63) is 29.8 Å². The topological polar surface area (TPSA) is 64.3 Å². The number of carbonyl (C=O) groups excluding carboxylic acids is 1. The number of ether oxygens (including phenoxy) is 1. The Morgan fingerprint density at radius 3 is 2.95 bits per heavy atom. The second-order valence-corrected chi connectivity index (χ2v) is 5.18. The number of likely N-dealkylation sites (N-methyl/N-ethyl adjacent to an activating group) is 1. The van der Waals surface area contributed by atoms with Gasteiger partial charge < -0.3 is 15.8 Å². The third-order valence-electron chi connectivity index (χ3n) is 4.03. The first-order chi connectivity index (χ1) is 9.09. The molecule has 1 saturated carbocycles. The summed E-state index contributed by atoms with van der Waals surface area (Å²) in [7, 11) is 1.78. The van der Waals surface area contributed by atoms with Crippen molar-refractivity contribution in [2.75, 3.05) is 7.05 Å². The molecule has 0 heterocycles. The van der Waals surface area contributed by atoms with Gasteiger partial charge in [-0.2, -0.15) is 0 Å². The standard InChI is InChI=1S/C15H22N2O2/c1-3-11-5-4-6-12(9-11)19-13-7-8-15(10-13,17-2)14(16)18/h4-6,9,13,17H,3,7-8,10H2,1-2H3,(H2,16,18). The zero-order chi connectivity index (χ0) is 13.9. The van der Waals surface area contributed by atoms with E-state index in [1.165, 1.54) is 5.56 Å². The van der Waals surface area contributed by atoms with Gasteiger partial charge in [0.2, 0.25) is 5.91 Å². The smallest absolute Gasteiger partial charge is 0.237 e. The SMILES string of the molecule is CCc1cccc(OC2CCC(NC)(C(N)=O)C2)c1. The average molecular weight is 262 g/mol. The van der Waals surface area contributed by atoms with E-state index in [2.05, 4.69) is 24.4 Å². The van der Waals surface area contributed by atoms with E-state index in [1.807, 2.05) is 12.1 Å². The molecule has 0 saturated heterocycles. The summed E-state index contributed by atoms with van der Waals surface area (Å²) in [6.45, 7) is 2.12. The highest BCUT2D eigenvalue weighted by molar-refractivity contribution is 5.85. The van der Waals surface area contributed by atoms with Crippen LogP contribution in [0.1, 0.15) is 31.7 Å². The lowest BCUT2D eigenvalue weighted by atomic mass is 9.97. The Labute approximate surface area is 114 Å². The van der Waals surface area contributed by atoms with Crippen LogP contribution in [0.4, 0.5) is 0 Å². The summed E-state index contributed by atoms with van der Waals surface area (Å²) in [5.41, 5.74) is 6.14. The van der Waals surface area contributed by atoms with E-state index >= 15 is 0 Å². The molecule has 1 amide bonds. The van der Waals surface area contributed by atoms with Crippen LogP contribution in [0.3, 0.4) is 0 Å². The minimum Gasteiger partial charge on any atom is -0.490 e. The summed E-state index contributed by atoms with van der Waals surface area (Å²) >= 11 is 0.